The summed E-state index contributed by atoms with van der Waals surface area (Å²) in [4.78, 5) is 0. The molecule has 224 valence electrons. The molecule has 4 atom stereocenters. The zero-order valence-electron chi connectivity index (χ0n) is 24.4. The molecule has 0 bridgehead atoms. The number of rotatable bonds is 22. The predicted octanol–water partition coefficient (Wildman–Crippen LogP) is 3.97. The van der Waals surface area contributed by atoms with Gasteiger partial charge in [0.25, 0.3) is 0 Å². The van der Waals surface area contributed by atoms with Crippen molar-refractivity contribution < 1.29 is 28.4 Å². The molecule has 0 radical (unpaired) electrons. The molecule has 41 heavy (non-hydrogen) atoms. The molecule has 0 saturated heterocycles. The van der Waals surface area contributed by atoms with Gasteiger partial charge in [-0.1, -0.05) is 91.0 Å². The molecule has 0 aromatic heterocycles. The number of nitrogens with two attached hydrogens (primary N) is 1. The number of benzene rings is 3. The molecular weight excluding hydrogens is 520 g/mol. The molecule has 8 heteroatoms. The van der Waals surface area contributed by atoms with E-state index in [1.165, 1.54) is 11.1 Å². The fraction of sp³-hybridized carbons (Fsp3) is 0.455. The summed E-state index contributed by atoms with van der Waals surface area (Å²) >= 11 is 0. The Bertz CT molecular complexity index is 1030. The monoisotopic (exact) mass is 566 g/mol. The van der Waals surface area contributed by atoms with Crippen molar-refractivity contribution in [1.29, 1.82) is 0 Å². The van der Waals surface area contributed by atoms with Gasteiger partial charge in [-0.3, -0.25) is 0 Å². The fourth-order valence-corrected chi connectivity index (χ4v) is 4.58. The van der Waals surface area contributed by atoms with Crippen LogP contribution in [0.4, 0.5) is 0 Å². The molecule has 3 N–H and O–H groups in total. The van der Waals surface area contributed by atoms with Gasteiger partial charge in [-0.2, -0.15) is 0 Å². The van der Waals surface area contributed by atoms with Gasteiger partial charge in [-0.25, -0.2) is 0 Å². The highest BCUT2D eigenvalue weighted by atomic mass is 16.7. The molecular formula is C33H46N2O6. The van der Waals surface area contributed by atoms with E-state index in [1.54, 1.807) is 14.2 Å². The average Bonchev–Trinajstić information content (AvgIpc) is 3.01. The van der Waals surface area contributed by atoms with Crippen LogP contribution in [0.3, 0.4) is 0 Å². The summed E-state index contributed by atoms with van der Waals surface area (Å²) in [5, 5.41) is 3.75. The van der Waals surface area contributed by atoms with Crippen LogP contribution in [-0.4, -0.2) is 78.5 Å². The zero-order chi connectivity index (χ0) is 29.0. The highest BCUT2D eigenvalue weighted by Crippen LogP contribution is 2.20. The van der Waals surface area contributed by atoms with Crippen molar-refractivity contribution in [3.05, 3.63) is 108 Å². The maximum atomic E-state index is 6.91. The largest absolute Gasteiger partial charge is 0.382 e. The fourth-order valence-electron chi connectivity index (χ4n) is 4.58. The minimum absolute atomic E-state index is 0.0671. The summed E-state index contributed by atoms with van der Waals surface area (Å²) in [5.74, 6) is 0. The number of hydrogen-bond donors (Lipinski definition) is 2. The molecule has 0 heterocycles. The standard InChI is InChI=1S/C33H46N2O6/c1-36-18-20-38-25-40-32(30(34)22-27-12-6-3-7-13-27)33(41-26-39-21-19-37-2)31(23-28-14-8-4-9-15-28)35-24-29-16-10-5-11-17-29/h3-17,30-33,35H,18-26,34H2,1-2H3/t30-,31-,32+,33+/m1/s1. The number of nitrogens with one attached hydrogen (secondary N) is 1. The molecule has 3 aromatic rings. The summed E-state index contributed by atoms with van der Waals surface area (Å²) in [6, 6.07) is 30.3. The highest BCUT2D eigenvalue weighted by molar-refractivity contribution is 5.19. The van der Waals surface area contributed by atoms with Crippen LogP contribution >= 0.6 is 0 Å². The lowest BCUT2D eigenvalue weighted by molar-refractivity contribution is -0.184. The van der Waals surface area contributed by atoms with Crippen LogP contribution in [0.1, 0.15) is 16.7 Å². The van der Waals surface area contributed by atoms with E-state index in [2.05, 4.69) is 41.7 Å². The second-order valence-electron chi connectivity index (χ2n) is 9.82. The summed E-state index contributed by atoms with van der Waals surface area (Å²) < 4.78 is 34.6. The summed E-state index contributed by atoms with van der Waals surface area (Å²) in [6.45, 7) is 2.61. The lowest BCUT2D eigenvalue weighted by atomic mass is 9.91. The van der Waals surface area contributed by atoms with E-state index in [0.29, 0.717) is 45.8 Å². The average molecular weight is 567 g/mol. The van der Waals surface area contributed by atoms with Crippen LogP contribution in [0.25, 0.3) is 0 Å². The van der Waals surface area contributed by atoms with Gasteiger partial charge in [0, 0.05) is 32.8 Å². The minimum atomic E-state index is -0.499. The Balaban J connectivity index is 1.88. The number of ether oxygens (including phenoxy) is 6. The molecule has 0 unspecified atom stereocenters. The van der Waals surface area contributed by atoms with E-state index in [4.69, 9.17) is 34.2 Å². The second kappa shape index (κ2) is 20.3. The van der Waals surface area contributed by atoms with Crippen molar-refractivity contribution in [3.8, 4) is 0 Å². The molecule has 0 saturated carbocycles. The lowest BCUT2D eigenvalue weighted by Gasteiger charge is -2.37. The zero-order valence-corrected chi connectivity index (χ0v) is 24.4. The van der Waals surface area contributed by atoms with Crippen molar-refractivity contribution in [2.24, 2.45) is 5.73 Å². The van der Waals surface area contributed by atoms with Gasteiger partial charge < -0.3 is 39.5 Å². The van der Waals surface area contributed by atoms with Gasteiger partial charge in [0.1, 0.15) is 25.8 Å². The molecule has 0 aliphatic rings. The Labute approximate surface area is 245 Å². The van der Waals surface area contributed by atoms with Gasteiger partial charge in [-0.15, -0.1) is 0 Å². The van der Waals surface area contributed by atoms with E-state index in [1.807, 2.05) is 54.6 Å². The van der Waals surface area contributed by atoms with Crippen molar-refractivity contribution >= 4 is 0 Å². The van der Waals surface area contributed by atoms with Gasteiger partial charge in [0.2, 0.25) is 0 Å². The minimum Gasteiger partial charge on any atom is -0.382 e. The van der Waals surface area contributed by atoms with E-state index in [-0.39, 0.29) is 25.7 Å². The Hall–Kier alpha value is -2.66. The Morgan fingerprint density at radius 2 is 1.05 bits per heavy atom. The molecule has 0 fully saturated rings. The third kappa shape index (κ3) is 12.8. The van der Waals surface area contributed by atoms with E-state index in [0.717, 1.165) is 5.56 Å². The number of hydrogen-bond acceptors (Lipinski definition) is 8. The van der Waals surface area contributed by atoms with Crippen LogP contribution < -0.4 is 11.1 Å². The molecule has 8 nitrogen and oxygen atoms in total. The molecule has 0 amide bonds. The maximum Gasteiger partial charge on any atom is 0.147 e. The Morgan fingerprint density at radius 3 is 1.56 bits per heavy atom. The number of methoxy groups -OCH3 is 2. The topological polar surface area (TPSA) is 93.4 Å². The van der Waals surface area contributed by atoms with Gasteiger partial charge in [0.15, 0.2) is 0 Å². The molecule has 0 aliphatic heterocycles. The third-order valence-electron chi connectivity index (χ3n) is 6.72. The first-order valence-electron chi connectivity index (χ1n) is 14.2. The van der Waals surface area contributed by atoms with Crippen LogP contribution in [0.2, 0.25) is 0 Å². The van der Waals surface area contributed by atoms with Gasteiger partial charge in [-0.05, 0) is 29.5 Å². The SMILES string of the molecule is COCCOCO[C@H]([C@@H](OCOCCOC)[C@@H](Cc1ccccc1)NCc1ccccc1)[C@H](N)Cc1ccccc1. The smallest absolute Gasteiger partial charge is 0.147 e. The van der Waals surface area contributed by atoms with Crippen LogP contribution in [0.5, 0.6) is 0 Å². The molecule has 3 rings (SSSR count). The quantitative estimate of drug-likeness (QED) is 0.139. The van der Waals surface area contributed by atoms with Crippen molar-refractivity contribution in [2.75, 3.05) is 54.2 Å². The second-order valence-corrected chi connectivity index (χ2v) is 9.82. The first kappa shape index (κ1) is 32.8. The molecule has 0 spiro atoms. The van der Waals surface area contributed by atoms with E-state index >= 15 is 0 Å². The normalized spacial score (nSPS) is 14.4. The first-order chi connectivity index (χ1) is 20.2. The van der Waals surface area contributed by atoms with Gasteiger partial charge in [0.05, 0.1) is 26.4 Å². The van der Waals surface area contributed by atoms with Crippen molar-refractivity contribution in [3.63, 3.8) is 0 Å². The van der Waals surface area contributed by atoms with Crippen LogP contribution in [-0.2, 0) is 47.8 Å². The third-order valence-corrected chi connectivity index (χ3v) is 6.72. The lowest BCUT2D eigenvalue weighted by Crippen LogP contribution is -2.56. The predicted molar refractivity (Wildman–Crippen MR) is 160 cm³/mol. The molecule has 3 aromatic carbocycles. The van der Waals surface area contributed by atoms with Crippen LogP contribution in [0.15, 0.2) is 91.0 Å². The van der Waals surface area contributed by atoms with E-state index in [9.17, 15) is 0 Å². The first-order valence-corrected chi connectivity index (χ1v) is 14.2. The van der Waals surface area contributed by atoms with E-state index < -0.39 is 12.2 Å². The van der Waals surface area contributed by atoms with Crippen molar-refractivity contribution in [2.45, 2.75) is 43.7 Å². The van der Waals surface area contributed by atoms with Crippen LogP contribution in [0, 0.1) is 0 Å². The summed E-state index contributed by atoms with van der Waals surface area (Å²) in [7, 11) is 3.29. The maximum absolute atomic E-state index is 6.91. The molecule has 0 aliphatic carbocycles. The Morgan fingerprint density at radius 1 is 0.585 bits per heavy atom. The highest BCUT2D eigenvalue weighted by Gasteiger charge is 2.36. The van der Waals surface area contributed by atoms with Crippen molar-refractivity contribution in [1.82, 2.24) is 5.32 Å². The summed E-state index contributed by atoms with van der Waals surface area (Å²) in [6.07, 6.45) is 0.371. The van der Waals surface area contributed by atoms with Gasteiger partial charge >= 0.3 is 0 Å². The summed E-state index contributed by atoms with van der Waals surface area (Å²) in [5.41, 5.74) is 10.4. The Kier molecular flexibility index (Phi) is 16.2.